The molecule has 6 heteroatoms. The largest absolute Gasteiger partial charge is 0.480 e. The van der Waals surface area contributed by atoms with Gasteiger partial charge in [0, 0.05) is 17.0 Å². The van der Waals surface area contributed by atoms with Gasteiger partial charge in [-0.1, -0.05) is 90.5 Å². The Morgan fingerprint density at radius 2 is 1.51 bits per heavy atom. The van der Waals surface area contributed by atoms with Gasteiger partial charge >= 0.3 is 5.97 Å². The molecule has 3 fully saturated rings. The molecule has 0 aromatic heterocycles. The molecule has 5 nitrogen and oxygen atoms in total. The van der Waals surface area contributed by atoms with Crippen LogP contribution >= 0.6 is 11.6 Å². The van der Waals surface area contributed by atoms with Crippen molar-refractivity contribution in [3.8, 4) is 0 Å². The fraction of sp³-hybridized carbons (Fsp3) is 0.310. The van der Waals surface area contributed by atoms with Crippen LogP contribution in [-0.2, 0) is 20.9 Å². The predicted octanol–water partition coefficient (Wildman–Crippen LogP) is 5.52. The van der Waals surface area contributed by atoms with Crippen LogP contribution in [0, 0.1) is 5.92 Å². The minimum absolute atomic E-state index is 0.158. The number of ether oxygens (including phenoxy) is 1. The highest BCUT2D eigenvalue weighted by Crippen LogP contribution is 2.44. The quantitative estimate of drug-likeness (QED) is 0.474. The molecule has 4 atom stereocenters. The van der Waals surface area contributed by atoms with E-state index in [0.717, 1.165) is 29.5 Å². The molecule has 3 aromatic carbocycles. The maximum absolute atomic E-state index is 14.1. The van der Waals surface area contributed by atoms with E-state index in [2.05, 4.69) is 0 Å². The van der Waals surface area contributed by atoms with E-state index in [1.165, 1.54) is 0 Å². The number of carboxylic acids is 1. The van der Waals surface area contributed by atoms with Crippen LogP contribution in [0.1, 0.15) is 41.9 Å². The highest BCUT2D eigenvalue weighted by Gasteiger charge is 2.53. The molecule has 1 unspecified atom stereocenters. The minimum Gasteiger partial charge on any atom is -0.480 e. The van der Waals surface area contributed by atoms with Gasteiger partial charge in [-0.25, -0.2) is 4.79 Å². The molecular formula is C29H28ClNO4. The molecule has 35 heavy (non-hydrogen) atoms. The van der Waals surface area contributed by atoms with Crippen LogP contribution in [0.25, 0.3) is 0 Å². The van der Waals surface area contributed by atoms with Gasteiger partial charge in [-0.3, -0.25) is 4.79 Å². The van der Waals surface area contributed by atoms with E-state index < -0.39 is 17.9 Å². The first-order valence-corrected chi connectivity index (χ1v) is 12.4. The molecule has 2 heterocycles. The lowest BCUT2D eigenvalue weighted by Gasteiger charge is -2.53. The maximum Gasteiger partial charge on any atom is 0.326 e. The maximum atomic E-state index is 14.1. The lowest BCUT2D eigenvalue weighted by atomic mass is 9.71. The summed E-state index contributed by atoms with van der Waals surface area (Å²) in [6.45, 7) is 0.324. The van der Waals surface area contributed by atoms with Crippen LogP contribution in [0.15, 0.2) is 84.9 Å². The van der Waals surface area contributed by atoms with Gasteiger partial charge in [-0.15, -0.1) is 0 Å². The van der Waals surface area contributed by atoms with Crippen molar-refractivity contribution in [2.45, 2.75) is 50.0 Å². The van der Waals surface area contributed by atoms with Gasteiger partial charge in [0.1, 0.15) is 6.04 Å². The van der Waals surface area contributed by atoms with Crippen LogP contribution in [0.4, 0.5) is 0 Å². The van der Waals surface area contributed by atoms with Crippen molar-refractivity contribution in [3.63, 3.8) is 0 Å². The molecule has 0 radical (unpaired) electrons. The molecule has 1 aliphatic carbocycles. The molecule has 3 aromatic rings. The van der Waals surface area contributed by atoms with E-state index in [1.54, 1.807) is 4.90 Å². The summed E-state index contributed by atoms with van der Waals surface area (Å²) in [6, 6.07) is 25.6. The fourth-order valence-electron chi connectivity index (χ4n) is 5.72. The zero-order valence-electron chi connectivity index (χ0n) is 19.3. The van der Waals surface area contributed by atoms with Crippen molar-refractivity contribution >= 4 is 23.5 Å². The topological polar surface area (TPSA) is 66.8 Å². The summed E-state index contributed by atoms with van der Waals surface area (Å²) >= 11 is 6.29. The number of carboxylic acid groups (broad SMARTS) is 1. The van der Waals surface area contributed by atoms with Crippen LogP contribution in [0.3, 0.4) is 0 Å². The zero-order chi connectivity index (χ0) is 24.4. The number of benzene rings is 3. The minimum atomic E-state index is -0.973. The SMILES string of the molecule is O=C(O)[C@@H]1[C@@H]2CC[C@@H](CC2OCc2ccccc2Cl)N1C(=O)C(c1ccccc1)c1ccccc1. The Bertz CT molecular complexity index is 1150. The van der Waals surface area contributed by atoms with E-state index in [9.17, 15) is 14.7 Å². The van der Waals surface area contributed by atoms with E-state index in [-0.39, 0.29) is 24.0 Å². The van der Waals surface area contributed by atoms with Gasteiger partial charge in [0.2, 0.25) is 5.91 Å². The zero-order valence-corrected chi connectivity index (χ0v) is 20.1. The Labute approximate surface area is 210 Å². The Hall–Kier alpha value is -3.15. The summed E-state index contributed by atoms with van der Waals surface area (Å²) in [4.78, 5) is 28.3. The molecule has 2 saturated heterocycles. The van der Waals surface area contributed by atoms with E-state index in [1.807, 2.05) is 84.9 Å². The molecule has 1 amide bonds. The number of halogens is 1. The normalized spacial score (nSPS) is 23.4. The lowest BCUT2D eigenvalue weighted by molar-refractivity contribution is -0.177. The summed E-state index contributed by atoms with van der Waals surface area (Å²) < 4.78 is 6.24. The number of nitrogens with zero attached hydrogens (tertiary/aromatic N) is 1. The Morgan fingerprint density at radius 1 is 0.914 bits per heavy atom. The summed E-state index contributed by atoms with van der Waals surface area (Å²) in [5, 5.41) is 10.9. The van der Waals surface area contributed by atoms with Gasteiger partial charge in [0.05, 0.1) is 18.6 Å². The van der Waals surface area contributed by atoms with Crippen molar-refractivity contribution in [3.05, 3.63) is 107 Å². The average molecular weight is 490 g/mol. The number of piperidine rings is 2. The number of amides is 1. The van der Waals surface area contributed by atoms with Crippen LogP contribution in [-0.4, -0.2) is 40.1 Å². The summed E-state index contributed by atoms with van der Waals surface area (Å²) in [5.74, 6) is -1.95. The third-order valence-electron chi connectivity index (χ3n) is 7.34. The van der Waals surface area contributed by atoms with Crippen LogP contribution in [0.2, 0.25) is 5.02 Å². The Kier molecular flexibility index (Phi) is 6.89. The first kappa shape index (κ1) is 23.6. The lowest BCUT2D eigenvalue weighted by Crippen LogP contribution is -2.65. The number of aliphatic carboxylic acids is 1. The molecule has 0 spiro atoms. The second-order valence-electron chi connectivity index (χ2n) is 9.35. The van der Waals surface area contributed by atoms with Crippen LogP contribution in [0.5, 0.6) is 0 Å². The van der Waals surface area contributed by atoms with Gasteiger partial charge in [-0.2, -0.15) is 0 Å². The highest BCUT2D eigenvalue weighted by molar-refractivity contribution is 6.31. The Balaban J connectivity index is 1.43. The number of fused-ring (bicyclic) bond motifs is 3. The molecule has 1 N–H and O–H groups in total. The number of rotatable bonds is 7. The second-order valence-corrected chi connectivity index (χ2v) is 9.76. The van der Waals surface area contributed by atoms with Gasteiger partial charge < -0.3 is 14.7 Å². The molecule has 2 aliphatic heterocycles. The summed E-state index contributed by atoms with van der Waals surface area (Å²) in [6.07, 6.45) is 1.89. The average Bonchev–Trinajstić information content (AvgIpc) is 2.89. The van der Waals surface area contributed by atoms with Crippen molar-refractivity contribution in [1.82, 2.24) is 4.90 Å². The third-order valence-corrected chi connectivity index (χ3v) is 7.71. The molecule has 2 bridgehead atoms. The first-order chi connectivity index (χ1) is 17.0. The van der Waals surface area contributed by atoms with Crippen molar-refractivity contribution in [2.75, 3.05) is 0 Å². The van der Waals surface area contributed by atoms with E-state index in [4.69, 9.17) is 16.3 Å². The number of carbonyl (C=O) groups excluding carboxylic acids is 1. The molecule has 3 aliphatic rings. The number of hydrogen-bond acceptors (Lipinski definition) is 3. The number of hydrogen-bond donors (Lipinski definition) is 1. The monoisotopic (exact) mass is 489 g/mol. The van der Waals surface area contributed by atoms with E-state index >= 15 is 0 Å². The van der Waals surface area contributed by atoms with Crippen molar-refractivity contribution in [2.24, 2.45) is 5.92 Å². The van der Waals surface area contributed by atoms with Gasteiger partial charge in [-0.05, 0) is 42.0 Å². The smallest absolute Gasteiger partial charge is 0.326 e. The standard InChI is InChI=1S/C29H28ClNO4/c30-24-14-8-7-13-21(24)18-35-25-17-22-15-16-23(25)27(29(33)34)31(22)28(32)26(19-9-3-1-4-10-19)20-11-5-2-6-12-20/h1-14,22-23,25-27H,15-18H2,(H,33,34)/t22-,23+,25?,27-/m0/s1. The van der Waals surface area contributed by atoms with Crippen molar-refractivity contribution in [1.29, 1.82) is 0 Å². The van der Waals surface area contributed by atoms with Gasteiger partial charge in [0.25, 0.3) is 0 Å². The number of carbonyl (C=O) groups is 2. The fourth-order valence-corrected chi connectivity index (χ4v) is 5.91. The second kappa shape index (κ2) is 10.2. The van der Waals surface area contributed by atoms with E-state index in [0.29, 0.717) is 18.1 Å². The van der Waals surface area contributed by atoms with Gasteiger partial charge in [0.15, 0.2) is 0 Å². The molecule has 180 valence electrons. The van der Waals surface area contributed by atoms with Crippen molar-refractivity contribution < 1.29 is 19.4 Å². The summed E-state index contributed by atoms with van der Waals surface area (Å²) in [5.41, 5.74) is 2.60. The molecular weight excluding hydrogens is 462 g/mol. The predicted molar refractivity (Wildman–Crippen MR) is 134 cm³/mol. The Morgan fingerprint density at radius 3 is 2.11 bits per heavy atom. The highest BCUT2D eigenvalue weighted by atomic mass is 35.5. The molecule has 6 rings (SSSR count). The third kappa shape index (κ3) is 4.71. The first-order valence-electron chi connectivity index (χ1n) is 12.0. The van der Waals surface area contributed by atoms with Crippen LogP contribution < -0.4 is 0 Å². The summed E-state index contributed by atoms with van der Waals surface area (Å²) in [7, 11) is 0. The molecule has 1 saturated carbocycles.